The van der Waals surface area contributed by atoms with Crippen LogP contribution < -0.4 is 4.74 Å². The van der Waals surface area contributed by atoms with Crippen LogP contribution in [0.3, 0.4) is 0 Å². The Hall–Kier alpha value is -2.92. The lowest BCUT2D eigenvalue weighted by molar-refractivity contribution is -0.139. The first-order valence-electron chi connectivity index (χ1n) is 8.25. The van der Waals surface area contributed by atoms with Gasteiger partial charge in [-0.3, -0.25) is 4.79 Å². The average Bonchev–Trinajstić information content (AvgIpc) is 2.69. The van der Waals surface area contributed by atoms with Gasteiger partial charge in [-0.05, 0) is 36.3 Å². The minimum atomic E-state index is -0.657. The van der Waals surface area contributed by atoms with E-state index in [4.69, 9.17) is 14.2 Å². The fourth-order valence-electron chi connectivity index (χ4n) is 2.09. The molecule has 0 fully saturated rings. The van der Waals surface area contributed by atoms with E-state index in [1.54, 1.807) is 14.0 Å². The number of ether oxygens (including phenoxy) is 3. The zero-order valence-electron chi connectivity index (χ0n) is 14.9. The molecule has 0 saturated carbocycles. The van der Waals surface area contributed by atoms with E-state index in [1.165, 1.54) is 6.08 Å². The Morgan fingerprint density at radius 1 is 0.923 bits per heavy atom. The van der Waals surface area contributed by atoms with Gasteiger partial charge in [0.2, 0.25) is 0 Å². The van der Waals surface area contributed by atoms with Crippen LogP contribution in [0.15, 0.2) is 66.7 Å². The maximum absolute atomic E-state index is 12.0. The molecule has 0 aliphatic heterocycles. The zero-order chi connectivity index (χ0) is 18.8. The fraction of sp³-hybridized carbons (Fsp3) is 0.238. The highest BCUT2D eigenvalue weighted by molar-refractivity contribution is 5.98. The quantitative estimate of drug-likeness (QED) is 0.510. The molecule has 0 spiro atoms. The summed E-state index contributed by atoms with van der Waals surface area (Å²) in [6.45, 7) is 2.11. The summed E-state index contributed by atoms with van der Waals surface area (Å²) in [5.74, 6) is -0.102. The lowest BCUT2D eigenvalue weighted by Gasteiger charge is -2.10. The van der Waals surface area contributed by atoms with Crippen molar-refractivity contribution in [2.75, 3.05) is 7.11 Å². The molecule has 0 amide bonds. The summed E-state index contributed by atoms with van der Waals surface area (Å²) in [7, 11) is 1.60. The van der Waals surface area contributed by atoms with Crippen LogP contribution >= 0.6 is 0 Å². The largest absolute Gasteiger partial charge is 0.497 e. The van der Waals surface area contributed by atoms with E-state index in [1.807, 2.05) is 54.6 Å². The van der Waals surface area contributed by atoms with Gasteiger partial charge >= 0.3 is 5.97 Å². The summed E-state index contributed by atoms with van der Waals surface area (Å²) in [5.41, 5.74) is 1.81. The first-order valence-corrected chi connectivity index (χ1v) is 8.25. The van der Waals surface area contributed by atoms with Crippen LogP contribution in [-0.2, 0) is 32.3 Å². The van der Waals surface area contributed by atoms with Crippen molar-refractivity contribution in [3.63, 3.8) is 0 Å². The summed E-state index contributed by atoms with van der Waals surface area (Å²) in [6, 6.07) is 16.7. The molecule has 0 heterocycles. The molecule has 5 nitrogen and oxygen atoms in total. The van der Waals surface area contributed by atoms with Gasteiger partial charge in [0, 0.05) is 6.08 Å². The van der Waals surface area contributed by atoms with E-state index < -0.39 is 12.1 Å². The predicted octanol–water partition coefficient (Wildman–Crippen LogP) is 3.47. The molecule has 136 valence electrons. The highest BCUT2D eigenvalue weighted by atomic mass is 16.5. The second-order valence-electron chi connectivity index (χ2n) is 5.63. The summed E-state index contributed by atoms with van der Waals surface area (Å²) in [5, 5.41) is 0. The van der Waals surface area contributed by atoms with Crippen molar-refractivity contribution < 1.29 is 23.8 Å². The van der Waals surface area contributed by atoms with Gasteiger partial charge in [0.25, 0.3) is 0 Å². The van der Waals surface area contributed by atoms with Crippen molar-refractivity contribution in [3.8, 4) is 5.75 Å². The molecular formula is C21H22O5. The third-order valence-corrected chi connectivity index (χ3v) is 3.67. The number of carbonyl (C=O) groups is 2. The Kier molecular flexibility index (Phi) is 7.58. The minimum absolute atomic E-state index is 0.168. The molecule has 0 unspecified atom stereocenters. The molecule has 0 aliphatic carbocycles. The van der Waals surface area contributed by atoms with Crippen LogP contribution in [0.1, 0.15) is 18.1 Å². The molecule has 0 aromatic heterocycles. The van der Waals surface area contributed by atoms with E-state index >= 15 is 0 Å². The van der Waals surface area contributed by atoms with Crippen LogP contribution in [-0.4, -0.2) is 25.0 Å². The lowest BCUT2D eigenvalue weighted by atomic mass is 10.2. The molecule has 0 aliphatic rings. The number of rotatable bonds is 9. The maximum atomic E-state index is 12.0. The number of esters is 1. The van der Waals surface area contributed by atoms with Gasteiger partial charge in [0.15, 0.2) is 5.78 Å². The Balaban J connectivity index is 1.74. The van der Waals surface area contributed by atoms with Crippen molar-refractivity contribution in [1.29, 1.82) is 0 Å². The summed E-state index contributed by atoms with van der Waals surface area (Å²) in [6.07, 6.45) is 1.65. The number of hydrogen-bond acceptors (Lipinski definition) is 5. The lowest BCUT2D eigenvalue weighted by Crippen LogP contribution is -2.19. The average molecular weight is 354 g/mol. The third kappa shape index (κ3) is 6.53. The number of methoxy groups -OCH3 is 1. The number of hydrogen-bond donors (Lipinski definition) is 0. The first-order chi connectivity index (χ1) is 12.6. The monoisotopic (exact) mass is 354 g/mol. The van der Waals surface area contributed by atoms with Crippen molar-refractivity contribution in [3.05, 3.63) is 77.9 Å². The smallest absolute Gasteiger partial charge is 0.331 e. The van der Waals surface area contributed by atoms with E-state index in [2.05, 4.69) is 0 Å². The molecule has 2 aromatic carbocycles. The topological polar surface area (TPSA) is 61.8 Å². The van der Waals surface area contributed by atoms with Gasteiger partial charge in [-0.1, -0.05) is 42.5 Å². The standard InChI is InChI=1S/C21H22O5/c1-16(25-14-18-8-10-19(24-2)11-9-18)20(22)12-13-21(23)26-15-17-6-4-3-5-7-17/h3-13,16H,14-15H2,1-2H3/b13-12+/t16-/m0/s1. The van der Waals surface area contributed by atoms with Gasteiger partial charge in [-0.2, -0.15) is 0 Å². The second kappa shape index (κ2) is 10.2. The van der Waals surface area contributed by atoms with E-state index in [9.17, 15) is 9.59 Å². The molecular weight excluding hydrogens is 332 g/mol. The van der Waals surface area contributed by atoms with E-state index in [0.29, 0.717) is 6.61 Å². The molecule has 26 heavy (non-hydrogen) atoms. The van der Waals surface area contributed by atoms with Crippen LogP contribution in [0.5, 0.6) is 5.75 Å². The second-order valence-corrected chi connectivity index (χ2v) is 5.63. The van der Waals surface area contributed by atoms with Crippen LogP contribution in [0.2, 0.25) is 0 Å². The van der Waals surface area contributed by atoms with Gasteiger partial charge in [-0.25, -0.2) is 4.79 Å². The molecule has 2 rings (SSSR count). The predicted molar refractivity (Wildman–Crippen MR) is 97.6 cm³/mol. The van der Waals surface area contributed by atoms with Crippen LogP contribution in [0.4, 0.5) is 0 Å². The SMILES string of the molecule is COc1ccc(CO[C@@H](C)C(=O)/C=C/C(=O)OCc2ccccc2)cc1. The first kappa shape index (κ1) is 19.4. The number of ketones is 1. The number of carbonyl (C=O) groups excluding carboxylic acids is 2. The van der Waals surface area contributed by atoms with E-state index in [0.717, 1.165) is 23.0 Å². The molecule has 5 heteroatoms. The van der Waals surface area contributed by atoms with Gasteiger partial charge in [0.05, 0.1) is 13.7 Å². The highest BCUT2D eigenvalue weighted by Crippen LogP contribution is 2.12. The Morgan fingerprint density at radius 3 is 2.23 bits per heavy atom. The molecule has 0 saturated heterocycles. The normalized spacial score (nSPS) is 11.9. The van der Waals surface area contributed by atoms with Crippen LogP contribution in [0.25, 0.3) is 0 Å². The highest BCUT2D eigenvalue weighted by Gasteiger charge is 2.11. The van der Waals surface area contributed by atoms with E-state index in [-0.39, 0.29) is 12.4 Å². The summed E-state index contributed by atoms with van der Waals surface area (Å²) >= 11 is 0. The molecule has 0 bridgehead atoms. The van der Waals surface area contributed by atoms with Crippen LogP contribution in [0, 0.1) is 0 Å². The number of benzene rings is 2. The fourth-order valence-corrected chi connectivity index (χ4v) is 2.09. The Morgan fingerprint density at radius 2 is 1.58 bits per heavy atom. The van der Waals surface area contributed by atoms with Crippen molar-refractivity contribution in [2.45, 2.75) is 26.2 Å². The van der Waals surface area contributed by atoms with Gasteiger partial charge < -0.3 is 14.2 Å². The maximum Gasteiger partial charge on any atom is 0.331 e. The molecule has 2 aromatic rings. The summed E-state index contributed by atoms with van der Waals surface area (Å²) < 4.78 is 15.7. The summed E-state index contributed by atoms with van der Waals surface area (Å²) in [4.78, 5) is 23.7. The minimum Gasteiger partial charge on any atom is -0.497 e. The Bertz CT molecular complexity index is 735. The van der Waals surface area contributed by atoms with Gasteiger partial charge in [-0.15, -0.1) is 0 Å². The van der Waals surface area contributed by atoms with Crippen molar-refractivity contribution in [2.24, 2.45) is 0 Å². The zero-order valence-corrected chi connectivity index (χ0v) is 14.9. The molecule has 1 atom stereocenters. The molecule has 0 radical (unpaired) electrons. The Labute approximate surface area is 153 Å². The molecule has 0 N–H and O–H groups in total. The third-order valence-electron chi connectivity index (χ3n) is 3.67. The van der Waals surface area contributed by atoms with Crippen molar-refractivity contribution in [1.82, 2.24) is 0 Å². The van der Waals surface area contributed by atoms with Crippen molar-refractivity contribution >= 4 is 11.8 Å². The van der Waals surface area contributed by atoms with Gasteiger partial charge in [0.1, 0.15) is 18.5 Å².